The summed E-state index contributed by atoms with van der Waals surface area (Å²) in [6.45, 7) is 3.99. The van der Waals surface area contributed by atoms with E-state index in [-0.39, 0.29) is 11.6 Å². The molecule has 0 saturated carbocycles. The van der Waals surface area contributed by atoms with Crippen molar-refractivity contribution in [3.8, 4) is 11.5 Å². The smallest absolute Gasteiger partial charge is 0.282 e. The highest BCUT2D eigenvalue weighted by Crippen LogP contribution is 2.28. The zero-order valence-corrected chi connectivity index (χ0v) is 11.9. The first kappa shape index (κ1) is 15.1. The Morgan fingerprint density at radius 3 is 2.86 bits per heavy atom. The Labute approximate surface area is 122 Å². The molecule has 0 atom stereocenters. The Balaban J connectivity index is 2.01. The highest BCUT2D eigenvalue weighted by molar-refractivity contribution is 5.66. The molecule has 1 heterocycles. The summed E-state index contributed by atoms with van der Waals surface area (Å²) in [7, 11) is 0. The maximum absolute atomic E-state index is 11.0. The first-order valence-corrected chi connectivity index (χ1v) is 6.99. The molecule has 21 heavy (non-hydrogen) atoms. The van der Waals surface area contributed by atoms with Crippen LogP contribution in [0.15, 0.2) is 28.7 Å². The fourth-order valence-electron chi connectivity index (χ4n) is 1.94. The van der Waals surface area contributed by atoms with E-state index >= 15 is 0 Å². The number of aromatic nitrogens is 2. The predicted octanol–water partition coefficient (Wildman–Crippen LogP) is 2.58. The lowest BCUT2D eigenvalue weighted by Gasteiger charge is -2.00. The van der Waals surface area contributed by atoms with E-state index in [0.717, 1.165) is 25.9 Å². The van der Waals surface area contributed by atoms with Crippen molar-refractivity contribution >= 4 is 5.69 Å². The zero-order chi connectivity index (χ0) is 15.1. The molecule has 2 rings (SSSR count). The average molecular weight is 290 g/mol. The summed E-state index contributed by atoms with van der Waals surface area (Å²) in [6, 6.07) is 6.35. The van der Waals surface area contributed by atoms with Gasteiger partial charge in [-0.05, 0) is 32.0 Å². The van der Waals surface area contributed by atoms with Crippen LogP contribution in [0.25, 0.3) is 11.5 Å². The Morgan fingerprint density at radius 2 is 2.10 bits per heavy atom. The topological polar surface area (TPSA) is 94.1 Å². The first-order valence-electron chi connectivity index (χ1n) is 6.99. The summed E-state index contributed by atoms with van der Waals surface area (Å²) in [5.74, 6) is 0.695. The van der Waals surface area contributed by atoms with Gasteiger partial charge in [0.05, 0.1) is 4.92 Å². The number of nitro groups is 1. The van der Waals surface area contributed by atoms with Gasteiger partial charge in [-0.3, -0.25) is 10.1 Å². The molecule has 0 saturated heterocycles. The highest BCUT2D eigenvalue weighted by atomic mass is 16.6. The Morgan fingerprint density at radius 1 is 1.29 bits per heavy atom. The summed E-state index contributed by atoms with van der Waals surface area (Å²) < 4.78 is 5.51. The third kappa shape index (κ3) is 4.09. The van der Waals surface area contributed by atoms with E-state index in [2.05, 4.69) is 22.4 Å². The molecule has 2 aromatic rings. The van der Waals surface area contributed by atoms with Gasteiger partial charge in [-0.2, -0.15) is 0 Å². The Hall–Kier alpha value is -2.28. The predicted molar refractivity (Wildman–Crippen MR) is 77.9 cm³/mol. The number of nitrogens with zero attached hydrogens (tertiary/aromatic N) is 3. The number of hydrogen-bond acceptors (Lipinski definition) is 6. The molecule has 0 radical (unpaired) electrons. The minimum atomic E-state index is -0.451. The average Bonchev–Trinajstić information content (AvgIpc) is 2.96. The molecule has 0 aliphatic rings. The van der Waals surface area contributed by atoms with E-state index in [4.69, 9.17) is 4.42 Å². The van der Waals surface area contributed by atoms with Crippen molar-refractivity contribution in [3.05, 3.63) is 40.3 Å². The number of para-hydroxylation sites is 1. The summed E-state index contributed by atoms with van der Waals surface area (Å²) in [5, 5.41) is 22.1. The lowest BCUT2D eigenvalue weighted by molar-refractivity contribution is -0.384. The fourth-order valence-corrected chi connectivity index (χ4v) is 1.94. The Bertz CT molecular complexity index is 597. The third-order valence-electron chi connectivity index (χ3n) is 2.97. The third-order valence-corrected chi connectivity index (χ3v) is 2.97. The maximum atomic E-state index is 11.0. The molecule has 7 nitrogen and oxygen atoms in total. The lowest BCUT2D eigenvalue weighted by atomic mass is 10.2. The molecule has 0 aliphatic heterocycles. The minimum Gasteiger partial charge on any atom is -0.420 e. The van der Waals surface area contributed by atoms with Crippen LogP contribution in [-0.4, -0.2) is 28.2 Å². The van der Waals surface area contributed by atoms with E-state index in [1.165, 1.54) is 6.07 Å². The summed E-state index contributed by atoms with van der Waals surface area (Å²) in [4.78, 5) is 10.5. The van der Waals surface area contributed by atoms with Gasteiger partial charge < -0.3 is 9.73 Å². The number of rotatable bonds is 8. The molecule has 1 aromatic carbocycles. The van der Waals surface area contributed by atoms with Crippen molar-refractivity contribution in [2.45, 2.75) is 26.2 Å². The van der Waals surface area contributed by atoms with Gasteiger partial charge in [-0.1, -0.05) is 19.1 Å². The maximum Gasteiger partial charge on any atom is 0.282 e. The van der Waals surface area contributed by atoms with Gasteiger partial charge in [0.1, 0.15) is 5.56 Å². The normalized spacial score (nSPS) is 10.7. The van der Waals surface area contributed by atoms with Gasteiger partial charge in [0, 0.05) is 12.5 Å². The van der Waals surface area contributed by atoms with Gasteiger partial charge >= 0.3 is 0 Å². The van der Waals surface area contributed by atoms with Crippen molar-refractivity contribution in [2.24, 2.45) is 0 Å². The standard InChI is InChI=1S/C14H18N4O3/c1-2-9-15-10-5-8-13-16-17-14(21-13)11-6-3-4-7-12(11)18(19)20/h3-4,6-7,15H,2,5,8-10H2,1H3. The fraction of sp³-hybridized carbons (Fsp3) is 0.429. The molecule has 112 valence electrons. The molecule has 0 spiro atoms. The highest BCUT2D eigenvalue weighted by Gasteiger charge is 2.19. The summed E-state index contributed by atoms with van der Waals surface area (Å²) >= 11 is 0. The lowest BCUT2D eigenvalue weighted by Crippen LogP contribution is -2.16. The van der Waals surface area contributed by atoms with Crippen molar-refractivity contribution in [3.63, 3.8) is 0 Å². The number of nitrogens with one attached hydrogen (secondary N) is 1. The van der Waals surface area contributed by atoms with Crippen LogP contribution in [-0.2, 0) is 6.42 Å². The number of aryl methyl sites for hydroxylation is 1. The van der Waals surface area contributed by atoms with Crippen molar-refractivity contribution < 1.29 is 9.34 Å². The molecule has 1 aromatic heterocycles. The molecule has 1 N–H and O–H groups in total. The molecule has 0 amide bonds. The molecular formula is C14H18N4O3. The monoisotopic (exact) mass is 290 g/mol. The van der Waals surface area contributed by atoms with Crippen LogP contribution in [0.2, 0.25) is 0 Å². The van der Waals surface area contributed by atoms with E-state index in [0.29, 0.717) is 17.9 Å². The molecule has 0 unspecified atom stereocenters. The second-order valence-electron chi connectivity index (χ2n) is 4.63. The van der Waals surface area contributed by atoms with Crippen molar-refractivity contribution in [1.29, 1.82) is 0 Å². The molecule has 0 aliphatic carbocycles. The molecular weight excluding hydrogens is 272 g/mol. The van der Waals surface area contributed by atoms with Crippen LogP contribution in [0.4, 0.5) is 5.69 Å². The van der Waals surface area contributed by atoms with Gasteiger partial charge in [0.15, 0.2) is 0 Å². The second kappa shape index (κ2) is 7.49. The van der Waals surface area contributed by atoms with E-state index < -0.39 is 4.92 Å². The van der Waals surface area contributed by atoms with Crippen LogP contribution < -0.4 is 5.32 Å². The molecule has 7 heteroatoms. The van der Waals surface area contributed by atoms with Crippen LogP contribution in [0.3, 0.4) is 0 Å². The van der Waals surface area contributed by atoms with E-state index in [9.17, 15) is 10.1 Å². The summed E-state index contributed by atoms with van der Waals surface area (Å²) in [6.07, 6.45) is 2.64. The van der Waals surface area contributed by atoms with Crippen molar-refractivity contribution in [1.82, 2.24) is 15.5 Å². The summed E-state index contributed by atoms with van der Waals surface area (Å²) in [5.41, 5.74) is 0.322. The minimum absolute atomic E-state index is 0.0303. The first-order chi connectivity index (χ1) is 10.2. The number of benzene rings is 1. The molecule has 0 bridgehead atoms. The zero-order valence-electron chi connectivity index (χ0n) is 11.9. The van der Waals surface area contributed by atoms with Crippen LogP contribution in [0, 0.1) is 10.1 Å². The quantitative estimate of drug-likeness (QED) is 0.456. The van der Waals surface area contributed by atoms with Gasteiger partial charge in [-0.25, -0.2) is 0 Å². The van der Waals surface area contributed by atoms with Gasteiger partial charge in [0.2, 0.25) is 5.89 Å². The van der Waals surface area contributed by atoms with Gasteiger partial charge in [0.25, 0.3) is 11.6 Å². The van der Waals surface area contributed by atoms with Crippen LogP contribution in [0.5, 0.6) is 0 Å². The number of hydrogen-bond donors (Lipinski definition) is 1. The Kier molecular flexibility index (Phi) is 5.39. The largest absolute Gasteiger partial charge is 0.420 e. The van der Waals surface area contributed by atoms with E-state index in [1.54, 1.807) is 18.2 Å². The van der Waals surface area contributed by atoms with Crippen LogP contribution >= 0.6 is 0 Å². The molecule has 0 fully saturated rings. The van der Waals surface area contributed by atoms with Gasteiger partial charge in [-0.15, -0.1) is 10.2 Å². The number of nitro benzene ring substituents is 1. The van der Waals surface area contributed by atoms with E-state index in [1.807, 2.05) is 0 Å². The van der Waals surface area contributed by atoms with Crippen molar-refractivity contribution in [2.75, 3.05) is 13.1 Å². The van der Waals surface area contributed by atoms with Crippen LogP contribution in [0.1, 0.15) is 25.7 Å². The second-order valence-corrected chi connectivity index (χ2v) is 4.63. The SMILES string of the molecule is CCCNCCCc1nnc(-c2ccccc2[N+](=O)[O-])o1.